The second-order valence-corrected chi connectivity index (χ2v) is 10.4. The molecule has 3 N–H and O–H groups in total. The molecule has 10 nitrogen and oxygen atoms in total. The Morgan fingerprint density at radius 1 is 1.30 bits per heavy atom. The average molecular weight is 584 g/mol. The average Bonchev–Trinajstić information content (AvgIpc) is 3.48. The Morgan fingerprint density at radius 2 is 2.17 bits per heavy atom. The maximum Gasteiger partial charge on any atom is 0.412 e. The zero-order valence-corrected chi connectivity index (χ0v) is 23.1. The van der Waals surface area contributed by atoms with Crippen LogP contribution in [0.25, 0.3) is 21.1 Å². The summed E-state index contributed by atoms with van der Waals surface area (Å²) >= 11 is 1.33. The van der Waals surface area contributed by atoms with Crippen LogP contribution in [-0.2, 0) is 11.3 Å². The van der Waals surface area contributed by atoms with Crippen molar-refractivity contribution in [3.63, 3.8) is 0 Å². The normalized spacial score (nSPS) is 15.2. The first-order valence-electron chi connectivity index (χ1n) is 12.5. The van der Waals surface area contributed by atoms with E-state index in [0.717, 1.165) is 33.1 Å². The molecule has 5 aromatic rings. The van der Waals surface area contributed by atoms with Gasteiger partial charge in [0.05, 0.1) is 36.9 Å². The van der Waals surface area contributed by atoms with Crippen molar-refractivity contribution in [3.05, 3.63) is 71.9 Å². The van der Waals surface area contributed by atoms with Crippen LogP contribution in [0.4, 0.5) is 25.7 Å². The number of hydrogen-bond donors (Lipinski definition) is 3. The number of amides is 1. The van der Waals surface area contributed by atoms with Crippen LogP contribution in [0.2, 0.25) is 0 Å². The zero-order valence-electron chi connectivity index (χ0n) is 21.5. The van der Waals surface area contributed by atoms with Crippen molar-refractivity contribution < 1.29 is 19.0 Å². The van der Waals surface area contributed by atoms with Gasteiger partial charge in [0.15, 0.2) is 0 Å². The Labute approximate surface area is 239 Å². The van der Waals surface area contributed by atoms with Crippen molar-refractivity contribution in [1.29, 1.82) is 0 Å². The number of carboxylic acid groups (broad SMARTS) is 1. The van der Waals surface area contributed by atoms with Crippen molar-refractivity contribution in [2.75, 3.05) is 36.5 Å². The van der Waals surface area contributed by atoms with Gasteiger partial charge in [-0.3, -0.25) is 9.58 Å². The molecule has 1 fully saturated rings. The molecule has 1 unspecified atom stereocenters. The van der Waals surface area contributed by atoms with E-state index in [9.17, 15) is 14.3 Å². The third kappa shape index (κ3) is 5.56. The van der Waals surface area contributed by atoms with E-state index in [0.29, 0.717) is 42.0 Å². The molecule has 3 aromatic heterocycles. The van der Waals surface area contributed by atoms with Gasteiger partial charge in [0.1, 0.15) is 27.8 Å². The van der Waals surface area contributed by atoms with Crippen LogP contribution in [0.1, 0.15) is 11.1 Å². The predicted octanol–water partition coefficient (Wildman–Crippen LogP) is 5.18. The Hall–Kier alpha value is -3.84. The smallest absolute Gasteiger partial charge is 0.412 e. The fourth-order valence-corrected chi connectivity index (χ4v) is 6.01. The maximum absolute atomic E-state index is 13.6. The first-order chi connectivity index (χ1) is 19.0. The fraction of sp³-hybridized carbons (Fsp3) is 0.259. The molecule has 1 amide bonds. The molecule has 40 heavy (non-hydrogen) atoms. The van der Waals surface area contributed by atoms with E-state index in [1.165, 1.54) is 34.7 Å². The van der Waals surface area contributed by atoms with Crippen molar-refractivity contribution >= 4 is 67.5 Å². The van der Waals surface area contributed by atoms with Gasteiger partial charge in [-0.05, 0) is 48.4 Å². The standard InChI is InChI=1S/C27H26FN7O3S.ClH/c1-16-23-24(30-15-31-25(23)39-26(16)34(27(36)37)13-21-14-38-8-7-29-21)33-20-5-6-22-18(10-20)11-32-35(22)12-17-3-2-4-19(28)9-17;/h2-6,9-11,15,21,29H,7-8,12-14H2,1H3,(H,36,37)(H,30,31,33);1H. The molecule has 0 saturated carbocycles. The van der Waals surface area contributed by atoms with Crippen LogP contribution in [0.3, 0.4) is 0 Å². The first kappa shape index (κ1) is 27.7. The lowest BCUT2D eigenvalue weighted by molar-refractivity contribution is 0.0786. The van der Waals surface area contributed by atoms with Gasteiger partial charge in [0.2, 0.25) is 0 Å². The largest absolute Gasteiger partial charge is 0.465 e. The predicted molar refractivity (Wildman–Crippen MR) is 156 cm³/mol. The summed E-state index contributed by atoms with van der Waals surface area (Å²) in [6, 6.07) is 12.3. The number of ether oxygens (including phenoxy) is 1. The molecule has 0 radical (unpaired) electrons. The summed E-state index contributed by atoms with van der Waals surface area (Å²) < 4.78 is 21.0. The lowest BCUT2D eigenvalue weighted by atomic mass is 10.2. The zero-order chi connectivity index (χ0) is 26.9. The van der Waals surface area contributed by atoms with Gasteiger partial charge >= 0.3 is 6.09 Å². The summed E-state index contributed by atoms with van der Waals surface area (Å²) in [5.74, 6) is 0.320. The van der Waals surface area contributed by atoms with Gasteiger partial charge in [-0.1, -0.05) is 23.5 Å². The van der Waals surface area contributed by atoms with E-state index < -0.39 is 6.09 Å². The number of fused-ring (bicyclic) bond motifs is 2. The van der Waals surface area contributed by atoms with Gasteiger partial charge in [-0.2, -0.15) is 5.10 Å². The number of anilines is 3. The fourth-order valence-electron chi connectivity index (χ4n) is 4.85. The molecule has 208 valence electrons. The van der Waals surface area contributed by atoms with Gasteiger partial charge in [0.25, 0.3) is 0 Å². The lowest BCUT2D eigenvalue weighted by Crippen LogP contribution is -2.49. The highest BCUT2D eigenvalue weighted by Crippen LogP contribution is 2.40. The summed E-state index contributed by atoms with van der Waals surface area (Å²) in [5.41, 5.74) is 3.35. The van der Waals surface area contributed by atoms with Crippen LogP contribution < -0.4 is 15.5 Å². The highest BCUT2D eigenvalue weighted by molar-refractivity contribution is 7.23. The minimum Gasteiger partial charge on any atom is -0.465 e. The molecule has 0 spiro atoms. The maximum atomic E-state index is 13.6. The number of carbonyl (C=O) groups is 1. The quantitative estimate of drug-likeness (QED) is 0.240. The minimum absolute atomic E-state index is 0. The van der Waals surface area contributed by atoms with Crippen LogP contribution in [-0.4, -0.2) is 63.3 Å². The van der Waals surface area contributed by atoms with E-state index in [2.05, 4.69) is 25.7 Å². The number of thiophene rings is 1. The number of morpholine rings is 1. The molecule has 4 heterocycles. The Balaban J connectivity index is 0.00000323. The Morgan fingerprint density at radius 3 is 2.95 bits per heavy atom. The van der Waals surface area contributed by atoms with Crippen molar-refractivity contribution in [2.24, 2.45) is 0 Å². The monoisotopic (exact) mass is 583 g/mol. The van der Waals surface area contributed by atoms with E-state index in [4.69, 9.17) is 4.74 Å². The van der Waals surface area contributed by atoms with Crippen LogP contribution >= 0.6 is 23.7 Å². The summed E-state index contributed by atoms with van der Waals surface area (Å²) in [6.07, 6.45) is 2.22. The summed E-state index contributed by atoms with van der Waals surface area (Å²) in [5, 5.41) is 23.5. The molecule has 0 aliphatic carbocycles. The molecule has 2 aromatic carbocycles. The number of aromatic nitrogens is 4. The van der Waals surface area contributed by atoms with Crippen molar-refractivity contribution in [3.8, 4) is 0 Å². The van der Waals surface area contributed by atoms with E-state index in [-0.39, 0.29) is 30.8 Å². The number of nitrogens with zero attached hydrogens (tertiary/aromatic N) is 5. The Bertz CT molecular complexity index is 1670. The second-order valence-electron chi connectivity index (χ2n) is 9.38. The summed E-state index contributed by atoms with van der Waals surface area (Å²) in [7, 11) is 0. The number of hydrogen-bond acceptors (Lipinski definition) is 8. The molecule has 13 heteroatoms. The van der Waals surface area contributed by atoms with Gasteiger partial charge in [-0.25, -0.2) is 19.2 Å². The van der Waals surface area contributed by atoms with Crippen LogP contribution in [0.5, 0.6) is 0 Å². The third-order valence-electron chi connectivity index (χ3n) is 6.71. The highest BCUT2D eigenvalue weighted by Gasteiger charge is 2.27. The molecule has 1 aliphatic heterocycles. The minimum atomic E-state index is -1.03. The van der Waals surface area contributed by atoms with Gasteiger partial charge < -0.3 is 20.5 Å². The van der Waals surface area contributed by atoms with Crippen molar-refractivity contribution in [2.45, 2.75) is 19.5 Å². The number of rotatable bonds is 7. The molecular formula is C27H27ClFN7O3S. The van der Waals surface area contributed by atoms with Gasteiger partial charge in [0, 0.05) is 30.2 Å². The van der Waals surface area contributed by atoms with E-state index in [1.54, 1.807) is 12.3 Å². The third-order valence-corrected chi connectivity index (χ3v) is 7.93. The summed E-state index contributed by atoms with van der Waals surface area (Å²) in [4.78, 5) is 23.2. The SMILES string of the molecule is Cc1c(N(CC2COCCN2)C(=O)O)sc2ncnc(Nc3ccc4c(cnn4Cc4cccc(F)c4)c3)c12.Cl. The molecular weight excluding hydrogens is 557 g/mol. The molecule has 0 bridgehead atoms. The van der Waals surface area contributed by atoms with E-state index in [1.807, 2.05) is 35.9 Å². The summed E-state index contributed by atoms with van der Waals surface area (Å²) in [6.45, 7) is 4.40. The van der Waals surface area contributed by atoms with Gasteiger partial charge in [-0.15, -0.1) is 12.4 Å². The Kier molecular flexibility index (Phi) is 8.12. The molecule has 1 saturated heterocycles. The van der Waals surface area contributed by atoms with Crippen LogP contribution in [0.15, 0.2) is 55.0 Å². The molecule has 6 rings (SSSR count). The molecule has 1 aliphatic rings. The number of benzene rings is 2. The topological polar surface area (TPSA) is 117 Å². The number of aryl methyl sites for hydroxylation is 1. The van der Waals surface area contributed by atoms with Crippen molar-refractivity contribution in [1.82, 2.24) is 25.1 Å². The molecule has 1 atom stereocenters. The number of halogens is 2. The second kappa shape index (κ2) is 11.7. The lowest BCUT2D eigenvalue weighted by Gasteiger charge is -2.28. The highest BCUT2D eigenvalue weighted by atomic mass is 35.5. The first-order valence-corrected chi connectivity index (χ1v) is 13.3. The van der Waals surface area contributed by atoms with Crippen LogP contribution in [0, 0.1) is 12.7 Å². The van der Waals surface area contributed by atoms with E-state index >= 15 is 0 Å². The number of nitrogens with one attached hydrogen (secondary N) is 2.